The molecule has 0 aliphatic heterocycles. The fourth-order valence-corrected chi connectivity index (χ4v) is 2.68. The third-order valence-corrected chi connectivity index (χ3v) is 4.60. The molecular formula is C22H25N3O2. The predicted molar refractivity (Wildman–Crippen MR) is 107 cm³/mol. The third-order valence-electron chi connectivity index (χ3n) is 4.60. The van der Waals surface area contributed by atoms with E-state index in [1.165, 1.54) is 0 Å². The Bertz CT molecular complexity index is 908. The molecule has 5 nitrogen and oxygen atoms in total. The second-order valence-corrected chi connectivity index (χ2v) is 7.38. The average Bonchev–Trinajstić information content (AvgIpc) is 2.63. The largest absolute Gasteiger partial charge is 0.325 e. The van der Waals surface area contributed by atoms with E-state index in [2.05, 4.69) is 24.5 Å². The number of aryl methyl sites for hydroxylation is 1. The van der Waals surface area contributed by atoms with Crippen LogP contribution in [0.4, 0.5) is 11.4 Å². The highest BCUT2D eigenvalue weighted by atomic mass is 16.2. The summed E-state index contributed by atoms with van der Waals surface area (Å²) >= 11 is 0. The van der Waals surface area contributed by atoms with Crippen LogP contribution >= 0.6 is 0 Å². The van der Waals surface area contributed by atoms with Gasteiger partial charge in [-0.25, -0.2) is 0 Å². The lowest BCUT2D eigenvalue weighted by molar-refractivity contribution is -0.135. The maximum absolute atomic E-state index is 12.9. The Labute approximate surface area is 160 Å². The highest BCUT2D eigenvalue weighted by molar-refractivity contribution is 6.14. The number of rotatable bonds is 5. The molecule has 0 saturated carbocycles. The molecule has 0 aromatic heterocycles. The monoisotopic (exact) mass is 363 g/mol. The maximum Gasteiger partial charge on any atom is 0.239 e. The number of anilines is 2. The number of nitrogens with zero attached hydrogens (tertiary/aromatic N) is 1. The molecule has 2 aromatic carbocycles. The second-order valence-electron chi connectivity index (χ2n) is 7.38. The van der Waals surface area contributed by atoms with Gasteiger partial charge in [0.25, 0.3) is 0 Å². The molecule has 5 heteroatoms. The minimum atomic E-state index is -1.32. The van der Waals surface area contributed by atoms with Crippen molar-refractivity contribution < 1.29 is 9.59 Å². The summed E-state index contributed by atoms with van der Waals surface area (Å²) in [5, 5.41) is 14.8. The van der Waals surface area contributed by atoms with Crippen LogP contribution in [-0.4, -0.2) is 11.8 Å². The van der Waals surface area contributed by atoms with Gasteiger partial charge in [-0.05, 0) is 49.9 Å². The van der Waals surface area contributed by atoms with Crippen LogP contribution in [0, 0.1) is 23.7 Å². The Morgan fingerprint density at radius 3 is 2.26 bits per heavy atom. The quantitative estimate of drug-likeness (QED) is 0.762. The molecule has 140 valence electrons. The molecule has 2 aromatic rings. The molecule has 0 radical (unpaired) electrons. The van der Waals surface area contributed by atoms with Crippen LogP contribution in [0.3, 0.4) is 0 Å². The van der Waals surface area contributed by atoms with Crippen molar-refractivity contribution in [3.63, 3.8) is 0 Å². The van der Waals surface area contributed by atoms with Crippen molar-refractivity contribution in [2.24, 2.45) is 5.41 Å². The first-order valence-electron chi connectivity index (χ1n) is 8.90. The summed E-state index contributed by atoms with van der Waals surface area (Å²) in [6.45, 7) is 9.18. The molecule has 27 heavy (non-hydrogen) atoms. The molecule has 2 amide bonds. The molecule has 0 aliphatic carbocycles. The standard InChI is InChI=1S/C22H25N3O2/c1-14(2)17-11-8-9-15(3)19(17)25-21(27)22(4,5)20(26)24-18-12-7-6-10-16(18)13-23/h6-12,14H,1-5H3,(H,24,26)(H,25,27). The summed E-state index contributed by atoms with van der Waals surface area (Å²) in [7, 11) is 0. The van der Waals surface area contributed by atoms with Crippen LogP contribution in [0.1, 0.15) is 50.3 Å². The van der Waals surface area contributed by atoms with Crippen LogP contribution in [0.5, 0.6) is 0 Å². The zero-order valence-electron chi connectivity index (χ0n) is 16.4. The molecule has 0 aliphatic rings. The lowest BCUT2D eigenvalue weighted by atomic mass is 9.89. The molecular weight excluding hydrogens is 338 g/mol. The van der Waals surface area contributed by atoms with Gasteiger partial charge in [-0.2, -0.15) is 5.26 Å². The maximum atomic E-state index is 12.9. The summed E-state index contributed by atoms with van der Waals surface area (Å²) in [5.74, 6) is -0.632. The number of hydrogen-bond donors (Lipinski definition) is 2. The van der Waals surface area contributed by atoms with Gasteiger partial charge in [-0.1, -0.05) is 44.2 Å². The van der Waals surface area contributed by atoms with Crippen LogP contribution in [0.15, 0.2) is 42.5 Å². The smallest absolute Gasteiger partial charge is 0.239 e. The number of amides is 2. The molecule has 2 rings (SSSR count). The van der Waals surface area contributed by atoms with Crippen molar-refractivity contribution in [1.29, 1.82) is 5.26 Å². The number of carbonyl (C=O) groups excluding carboxylic acids is 2. The lowest BCUT2D eigenvalue weighted by Crippen LogP contribution is -2.42. The number of benzene rings is 2. The van der Waals surface area contributed by atoms with Crippen molar-refractivity contribution in [2.45, 2.75) is 40.5 Å². The number of hydrogen-bond acceptors (Lipinski definition) is 3. The zero-order valence-corrected chi connectivity index (χ0v) is 16.4. The Morgan fingerprint density at radius 1 is 1.00 bits per heavy atom. The van der Waals surface area contributed by atoms with E-state index in [0.29, 0.717) is 11.3 Å². The fraction of sp³-hybridized carbons (Fsp3) is 0.318. The number of nitrogens with one attached hydrogen (secondary N) is 2. The Morgan fingerprint density at radius 2 is 1.63 bits per heavy atom. The first kappa shape index (κ1) is 20.2. The summed E-state index contributed by atoms with van der Waals surface area (Å²) in [6, 6.07) is 14.6. The summed E-state index contributed by atoms with van der Waals surface area (Å²) in [5.41, 5.74) is 2.14. The van der Waals surface area contributed by atoms with E-state index in [-0.39, 0.29) is 5.92 Å². The topological polar surface area (TPSA) is 82.0 Å². The van der Waals surface area contributed by atoms with Crippen LogP contribution in [0.2, 0.25) is 0 Å². The van der Waals surface area contributed by atoms with Gasteiger partial charge in [0.05, 0.1) is 11.3 Å². The average molecular weight is 363 g/mol. The molecule has 0 unspecified atom stereocenters. The lowest BCUT2D eigenvalue weighted by Gasteiger charge is -2.25. The summed E-state index contributed by atoms with van der Waals surface area (Å²) in [4.78, 5) is 25.7. The fourth-order valence-electron chi connectivity index (χ4n) is 2.68. The SMILES string of the molecule is Cc1cccc(C(C)C)c1NC(=O)C(C)(C)C(=O)Nc1ccccc1C#N. The van der Waals surface area contributed by atoms with Crippen LogP contribution in [-0.2, 0) is 9.59 Å². The van der Waals surface area contributed by atoms with E-state index in [1.54, 1.807) is 38.1 Å². The van der Waals surface area contributed by atoms with Crippen molar-refractivity contribution in [2.75, 3.05) is 10.6 Å². The molecule has 0 fully saturated rings. The van der Waals surface area contributed by atoms with Crippen LogP contribution in [0.25, 0.3) is 0 Å². The molecule has 0 saturated heterocycles. The second kappa shape index (κ2) is 8.05. The van der Waals surface area contributed by atoms with Crippen molar-refractivity contribution in [1.82, 2.24) is 0 Å². The number of para-hydroxylation sites is 2. The zero-order chi connectivity index (χ0) is 20.2. The van der Waals surface area contributed by atoms with Crippen molar-refractivity contribution in [3.8, 4) is 6.07 Å². The molecule has 0 heterocycles. The van der Waals surface area contributed by atoms with Crippen molar-refractivity contribution >= 4 is 23.2 Å². The first-order valence-corrected chi connectivity index (χ1v) is 8.90. The number of nitriles is 1. The first-order chi connectivity index (χ1) is 12.7. The Balaban J connectivity index is 2.25. The normalized spacial score (nSPS) is 11.0. The van der Waals surface area contributed by atoms with E-state index < -0.39 is 17.2 Å². The van der Waals surface area contributed by atoms with E-state index in [9.17, 15) is 14.9 Å². The van der Waals surface area contributed by atoms with Gasteiger partial charge < -0.3 is 10.6 Å². The highest BCUT2D eigenvalue weighted by Gasteiger charge is 2.37. The van der Waals surface area contributed by atoms with E-state index in [0.717, 1.165) is 16.8 Å². The third kappa shape index (κ3) is 4.35. The Kier molecular flexibility index (Phi) is 6.02. The van der Waals surface area contributed by atoms with Gasteiger partial charge >= 0.3 is 0 Å². The van der Waals surface area contributed by atoms with Gasteiger partial charge in [-0.3, -0.25) is 9.59 Å². The van der Waals surface area contributed by atoms with E-state index in [1.807, 2.05) is 31.2 Å². The van der Waals surface area contributed by atoms with Gasteiger partial charge in [-0.15, -0.1) is 0 Å². The van der Waals surface area contributed by atoms with E-state index in [4.69, 9.17) is 0 Å². The molecule has 2 N–H and O–H groups in total. The van der Waals surface area contributed by atoms with Crippen molar-refractivity contribution in [3.05, 3.63) is 59.2 Å². The van der Waals surface area contributed by atoms with Gasteiger partial charge in [0.15, 0.2) is 0 Å². The minimum Gasteiger partial charge on any atom is -0.325 e. The highest BCUT2D eigenvalue weighted by Crippen LogP contribution is 2.30. The van der Waals surface area contributed by atoms with Gasteiger partial charge in [0.1, 0.15) is 11.5 Å². The molecule has 0 bridgehead atoms. The molecule has 0 spiro atoms. The predicted octanol–water partition coefficient (Wildman–Crippen LogP) is 4.59. The van der Waals surface area contributed by atoms with Gasteiger partial charge in [0, 0.05) is 5.69 Å². The Hall–Kier alpha value is -3.13. The summed E-state index contributed by atoms with van der Waals surface area (Å²) < 4.78 is 0. The van der Waals surface area contributed by atoms with E-state index >= 15 is 0 Å². The minimum absolute atomic E-state index is 0.236. The number of carbonyl (C=O) groups is 2. The van der Waals surface area contributed by atoms with Crippen LogP contribution < -0.4 is 10.6 Å². The summed E-state index contributed by atoms with van der Waals surface area (Å²) in [6.07, 6.45) is 0. The molecule has 0 atom stereocenters. The van der Waals surface area contributed by atoms with Gasteiger partial charge in [0.2, 0.25) is 11.8 Å².